The van der Waals surface area contributed by atoms with E-state index in [9.17, 15) is 26.4 Å². The Hall–Kier alpha value is -5.85. The summed E-state index contributed by atoms with van der Waals surface area (Å²) < 4.78 is 60.7. The van der Waals surface area contributed by atoms with E-state index >= 15 is 0 Å². The molecular formula is C39H39N9O9S4. The molecule has 61 heavy (non-hydrogen) atoms. The van der Waals surface area contributed by atoms with Gasteiger partial charge in [-0.3, -0.25) is 20.0 Å². The Morgan fingerprint density at radius 2 is 1.05 bits per heavy atom. The number of pyridine rings is 1. The van der Waals surface area contributed by atoms with Gasteiger partial charge in [0.05, 0.1) is 23.5 Å². The highest BCUT2D eigenvalue weighted by Crippen LogP contribution is 2.29. The minimum absolute atomic E-state index is 0.0949. The van der Waals surface area contributed by atoms with Gasteiger partial charge in [0.1, 0.15) is 20.4 Å². The van der Waals surface area contributed by atoms with E-state index in [0.29, 0.717) is 66.0 Å². The molecule has 0 radical (unpaired) electrons. The number of anilines is 2. The molecule has 8 rings (SSSR count). The van der Waals surface area contributed by atoms with Crippen LogP contribution in [0.2, 0.25) is 0 Å². The molecule has 318 valence electrons. The summed E-state index contributed by atoms with van der Waals surface area (Å²) in [6, 6.07) is 28.8. The van der Waals surface area contributed by atoms with Crippen LogP contribution in [0.25, 0.3) is 11.1 Å². The third-order valence-electron chi connectivity index (χ3n) is 9.55. The van der Waals surface area contributed by atoms with Crippen LogP contribution < -0.4 is 25.5 Å². The summed E-state index contributed by atoms with van der Waals surface area (Å²) in [7, 11) is -7.31. The normalized spacial score (nSPS) is 15.0. The third-order valence-corrected chi connectivity index (χ3v) is 15.4. The number of benzene rings is 3. The van der Waals surface area contributed by atoms with Gasteiger partial charge in [-0.25, -0.2) is 42.7 Å². The summed E-state index contributed by atoms with van der Waals surface area (Å²) in [4.78, 5) is 40.2. The van der Waals surface area contributed by atoms with E-state index in [-0.39, 0.29) is 27.8 Å². The molecule has 0 spiro atoms. The van der Waals surface area contributed by atoms with Gasteiger partial charge in [0.15, 0.2) is 10.3 Å². The minimum atomic E-state index is -3.70. The topological polar surface area (TPSA) is 228 Å². The Morgan fingerprint density at radius 3 is 1.54 bits per heavy atom. The maximum absolute atomic E-state index is 13.2. The zero-order valence-corrected chi connectivity index (χ0v) is 35.4. The first kappa shape index (κ1) is 43.2. The predicted molar refractivity (Wildman–Crippen MR) is 227 cm³/mol. The fraction of sp³-hybridized carbons (Fsp3) is 0.205. The highest BCUT2D eigenvalue weighted by molar-refractivity contribution is 7.89. The average molecular weight is 906 g/mol. The smallest absolute Gasteiger partial charge is 0.286 e. The van der Waals surface area contributed by atoms with Crippen molar-refractivity contribution < 1.29 is 41.6 Å². The quantitative estimate of drug-likeness (QED) is 0.104. The van der Waals surface area contributed by atoms with Crippen molar-refractivity contribution in [3.63, 3.8) is 0 Å². The van der Waals surface area contributed by atoms with Crippen molar-refractivity contribution in [2.24, 2.45) is 0 Å². The fourth-order valence-corrected chi connectivity index (χ4v) is 10.9. The average Bonchev–Trinajstić information content (AvgIpc) is 4.02. The zero-order chi connectivity index (χ0) is 43.0. The van der Waals surface area contributed by atoms with E-state index in [1.165, 1.54) is 39.3 Å². The molecule has 4 N–H and O–H groups in total. The van der Waals surface area contributed by atoms with Gasteiger partial charge >= 0.3 is 0 Å². The van der Waals surface area contributed by atoms with Gasteiger partial charge in [-0.1, -0.05) is 83.3 Å². The highest BCUT2D eigenvalue weighted by Gasteiger charge is 2.31. The van der Waals surface area contributed by atoms with Crippen molar-refractivity contribution in [3.8, 4) is 22.8 Å². The number of nitrogens with zero attached hydrogens (tertiary/aromatic N) is 7. The Kier molecular flexibility index (Phi) is 13.6. The van der Waals surface area contributed by atoms with Crippen LogP contribution in [0.4, 0.5) is 10.3 Å². The second kappa shape index (κ2) is 19.2. The number of amides is 2. The maximum Gasteiger partial charge on any atom is 0.286 e. The molecule has 0 atom stereocenters. The number of carbonyl (C=O) groups excluding carboxylic acids is 2. The number of carbonyl (C=O) groups is 2. The first-order chi connectivity index (χ1) is 29.5. The van der Waals surface area contributed by atoms with Gasteiger partial charge in [-0.05, 0) is 41.5 Å². The maximum atomic E-state index is 13.2. The number of nitrogens with one attached hydrogen (secondary N) is 2. The number of hydrogen-bond acceptors (Lipinski definition) is 16. The molecule has 0 unspecified atom stereocenters. The Balaban J connectivity index is 0.000000184. The van der Waals surface area contributed by atoms with Crippen LogP contribution >= 0.6 is 22.7 Å². The Morgan fingerprint density at radius 1 is 0.557 bits per heavy atom. The van der Waals surface area contributed by atoms with Gasteiger partial charge in [0, 0.05) is 58.4 Å². The molecule has 0 saturated carbocycles. The van der Waals surface area contributed by atoms with Crippen LogP contribution in [-0.4, -0.2) is 115 Å². The molecular weight excluding hydrogens is 867 g/mol. The number of thiazole rings is 2. The number of hydrogen-bond donors (Lipinski definition) is 4. The van der Waals surface area contributed by atoms with Gasteiger partial charge in [-0.2, -0.15) is 8.61 Å². The number of aromatic nitrogens is 3. The van der Waals surface area contributed by atoms with E-state index < -0.39 is 31.9 Å². The van der Waals surface area contributed by atoms with Crippen molar-refractivity contribution >= 4 is 64.8 Å². The van der Waals surface area contributed by atoms with E-state index in [1.54, 1.807) is 41.3 Å². The number of piperazine rings is 2. The summed E-state index contributed by atoms with van der Waals surface area (Å²) in [5.41, 5.74) is 4.97. The second-order valence-electron chi connectivity index (χ2n) is 13.3. The first-order valence-electron chi connectivity index (χ1n) is 18.6. The van der Waals surface area contributed by atoms with Crippen LogP contribution in [-0.2, 0) is 20.0 Å². The van der Waals surface area contributed by atoms with Gasteiger partial charge in [0.2, 0.25) is 25.9 Å². The van der Waals surface area contributed by atoms with Crippen molar-refractivity contribution in [2.75, 3.05) is 62.2 Å². The lowest BCUT2D eigenvalue weighted by molar-refractivity contribution is 0.0706. The molecule has 18 nitrogen and oxygen atoms in total. The molecule has 0 aliphatic carbocycles. The molecule has 22 heteroatoms. The summed E-state index contributed by atoms with van der Waals surface area (Å²) in [5.74, 6) is -0.319. The number of sulfonamides is 2. The summed E-state index contributed by atoms with van der Waals surface area (Å²) >= 11 is 2.28. The molecule has 0 bridgehead atoms. The standard InChI is InChI=1S/C20H20N4O4S2.C19H19N5O5S2/c25-19(22-26)18-14-21-20(29-18)23-9-11-24(12-10-23)30(27,28)17-8-4-7-16(13-17)15-5-2-1-3-6-15;25-18(22-26)16-13-21-19(30-16)23-8-10-24(11-9-23)31(27,28)15-6-7-17(20-12-15)29-14-4-2-1-3-5-14/h1-8,13-14,26H,9-12H2,(H,22,25);1-7,12-13,26H,8-11H2,(H,22,25). The molecule has 6 aromatic rings. The summed E-state index contributed by atoms with van der Waals surface area (Å²) in [6.07, 6.45) is 4.06. The van der Waals surface area contributed by atoms with Gasteiger partial charge < -0.3 is 14.5 Å². The Bertz CT molecular complexity index is 2650. The first-order valence-corrected chi connectivity index (χ1v) is 23.1. The summed E-state index contributed by atoms with van der Waals surface area (Å²) in [6.45, 7) is 2.96. The zero-order valence-electron chi connectivity index (χ0n) is 32.1. The van der Waals surface area contributed by atoms with E-state index in [1.807, 2.05) is 64.4 Å². The molecule has 3 aromatic carbocycles. The number of ether oxygens (including phenoxy) is 1. The van der Waals surface area contributed by atoms with Crippen molar-refractivity contribution in [1.29, 1.82) is 0 Å². The molecule has 2 aliphatic rings. The second-order valence-corrected chi connectivity index (χ2v) is 19.2. The van der Waals surface area contributed by atoms with Gasteiger partial charge in [-0.15, -0.1) is 0 Å². The van der Waals surface area contributed by atoms with Gasteiger partial charge in [0.25, 0.3) is 11.8 Å². The molecule has 2 aliphatic heterocycles. The number of hydroxylamine groups is 2. The largest absolute Gasteiger partial charge is 0.439 e. The van der Waals surface area contributed by atoms with Crippen LogP contribution in [0.3, 0.4) is 0 Å². The third kappa shape index (κ3) is 10.2. The lowest BCUT2D eigenvalue weighted by Crippen LogP contribution is -2.48. The monoisotopic (exact) mass is 905 g/mol. The summed E-state index contributed by atoms with van der Waals surface area (Å²) in [5, 5.41) is 18.7. The van der Waals surface area contributed by atoms with E-state index in [0.717, 1.165) is 33.8 Å². The highest BCUT2D eigenvalue weighted by atomic mass is 32.2. The van der Waals surface area contributed by atoms with Crippen LogP contribution in [0.15, 0.2) is 125 Å². The molecule has 2 saturated heterocycles. The van der Waals surface area contributed by atoms with E-state index in [2.05, 4.69) is 15.0 Å². The molecule has 2 fully saturated rings. The minimum Gasteiger partial charge on any atom is -0.439 e. The molecule has 2 amide bonds. The van der Waals surface area contributed by atoms with Crippen molar-refractivity contribution in [3.05, 3.63) is 125 Å². The lowest BCUT2D eigenvalue weighted by Gasteiger charge is -2.33. The lowest BCUT2D eigenvalue weighted by atomic mass is 10.1. The van der Waals surface area contributed by atoms with Crippen LogP contribution in [0.5, 0.6) is 11.6 Å². The SMILES string of the molecule is O=C(NO)c1cnc(N2CCN(S(=O)(=O)c3ccc(Oc4ccccc4)nc3)CC2)s1.O=C(NO)c1cnc(N2CCN(S(=O)(=O)c3cccc(-c4ccccc4)c3)CC2)s1. The molecule has 3 aromatic heterocycles. The fourth-order valence-electron chi connectivity index (χ4n) is 6.34. The number of para-hydroxylation sites is 1. The Labute approximate surface area is 359 Å². The molecule has 5 heterocycles. The number of rotatable bonds is 11. The van der Waals surface area contributed by atoms with Crippen LogP contribution in [0, 0.1) is 0 Å². The predicted octanol–water partition coefficient (Wildman–Crippen LogP) is 4.40. The van der Waals surface area contributed by atoms with Crippen molar-refractivity contribution in [2.45, 2.75) is 9.79 Å². The van der Waals surface area contributed by atoms with E-state index in [4.69, 9.17) is 15.2 Å². The van der Waals surface area contributed by atoms with Crippen LogP contribution in [0.1, 0.15) is 19.3 Å². The van der Waals surface area contributed by atoms with Crippen molar-refractivity contribution in [1.82, 2.24) is 34.5 Å².